The molecule has 0 aromatic heterocycles. The second-order valence-electron chi connectivity index (χ2n) is 4.52. The third kappa shape index (κ3) is 2.65. The molecule has 1 saturated heterocycles. The molecule has 0 radical (unpaired) electrons. The largest absolute Gasteiger partial charge is 0.421 e. The van der Waals surface area contributed by atoms with Crippen LogP contribution in [0.2, 0.25) is 0 Å². The maximum Gasteiger partial charge on any atom is 0.421 e. The Morgan fingerprint density at radius 2 is 2.06 bits per heavy atom. The van der Waals surface area contributed by atoms with Crippen molar-refractivity contribution in [1.82, 2.24) is 4.90 Å². The Labute approximate surface area is 99.2 Å². The second kappa shape index (κ2) is 5.01. The molecular formula is C11H15N3O3. The first-order valence-electron chi connectivity index (χ1n) is 5.46. The Kier molecular flexibility index (Phi) is 3.91. The van der Waals surface area contributed by atoms with Gasteiger partial charge in [0.15, 0.2) is 0 Å². The fourth-order valence-electron chi connectivity index (χ4n) is 1.77. The van der Waals surface area contributed by atoms with Gasteiger partial charge in [-0.25, -0.2) is 0 Å². The molecule has 1 heterocycles. The Morgan fingerprint density at radius 3 is 2.41 bits per heavy atom. The first kappa shape index (κ1) is 13.3. The van der Waals surface area contributed by atoms with Crippen molar-refractivity contribution >= 4 is 23.3 Å². The number of nitrogens with zero attached hydrogens (tertiary/aromatic N) is 3. The molecule has 6 heteroatoms. The summed E-state index contributed by atoms with van der Waals surface area (Å²) in [6.07, 6.45) is 0.292. The Morgan fingerprint density at radius 1 is 1.47 bits per heavy atom. The van der Waals surface area contributed by atoms with E-state index in [0.717, 1.165) is 11.8 Å². The number of hydrogen-bond donors (Lipinski definition) is 0. The van der Waals surface area contributed by atoms with E-state index < -0.39 is 17.4 Å². The fraction of sp³-hybridized carbons (Fsp3) is 0.636. The number of Topliss-reactive ketones (excluding diaryl/α,β-unsaturated/α-hetero) is 1. The van der Waals surface area contributed by atoms with Crippen molar-refractivity contribution in [2.75, 3.05) is 6.54 Å². The van der Waals surface area contributed by atoms with Crippen molar-refractivity contribution < 1.29 is 19.2 Å². The van der Waals surface area contributed by atoms with Gasteiger partial charge in [0.25, 0.3) is 0 Å². The highest BCUT2D eigenvalue weighted by atomic mass is 16.2. The summed E-state index contributed by atoms with van der Waals surface area (Å²) in [6, 6.07) is 0. The maximum atomic E-state index is 11.8. The van der Waals surface area contributed by atoms with Gasteiger partial charge < -0.3 is 5.53 Å². The molecule has 17 heavy (non-hydrogen) atoms. The van der Waals surface area contributed by atoms with Crippen LogP contribution >= 0.6 is 0 Å². The number of carbonyl (C=O) groups excluding carboxylic acids is 3. The van der Waals surface area contributed by atoms with Crippen LogP contribution in [-0.4, -0.2) is 39.5 Å². The number of hydrogen-bond acceptors (Lipinski definition) is 3. The van der Waals surface area contributed by atoms with E-state index in [2.05, 4.69) is 4.79 Å². The average molecular weight is 237 g/mol. The van der Waals surface area contributed by atoms with E-state index in [1.807, 2.05) is 13.8 Å². The van der Waals surface area contributed by atoms with E-state index in [1.165, 1.54) is 0 Å². The molecule has 2 amide bonds. The number of ketones is 1. The number of amides is 2. The molecule has 1 fully saturated rings. The molecule has 1 aliphatic rings. The summed E-state index contributed by atoms with van der Waals surface area (Å²) in [5.74, 6) is -1.41. The van der Waals surface area contributed by atoms with E-state index in [-0.39, 0.29) is 24.3 Å². The van der Waals surface area contributed by atoms with Crippen LogP contribution in [0.3, 0.4) is 0 Å². The molecule has 0 spiro atoms. The standard InChI is InChI=1S/C11H15N3O3/c1-6(2)8-4-9(16)14(5-8)11(17)10(13-12)7(3)15/h6,8H,4-5H2,1-3H3. The summed E-state index contributed by atoms with van der Waals surface area (Å²) in [7, 11) is 0. The highest BCUT2D eigenvalue weighted by Gasteiger charge is 2.41. The van der Waals surface area contributed by atoms with Crippen LogP contribution in [-0.2, 0) is 14.4 Å². The van der Waals surface area contributed by atoms with Gasteiger partial charge in [0.1, 0.15) is 0 Å². The molecule has 0 saturated carbocycles. The molecular weight excluding hydrogens is 222 g/mol. The molecule has 1 unspecified atom stereocenters. The molecule has 0 bridgehead atoms. The minimum Gasteiger partial charge on any atom is -0.360 e. The third-order valence-electron chi connectivity index (χ3n) is 2.98. The summed E-state index contributed by atoms with van der Waals surface area (Å²) >= 11 is 0. The topological polar surface area (TPSA) is 90.8 Å². The zero-order chi connectivity index (χ0) is 13.2. The Hall–Kier alpha value is -1.81. The van der Waals surface area contributed by atoms with E-state index in [0.29, 0.717) is 6.42 Å². The average Bonchev–Trinajstić information content (AvgIpc) is 2.60. The first-order valence-corrected chi connectivity index (χ1v) is 5.46. The SMILES string of the molecule is CC(=O)C(=[N+]=[N-])C(=O)N1CC(C(C)C)CC1=O. The zero-order valence-electron chi connectivity index (χ0n) is 10.1. The molecule has 0 N–H and O–H groups in total. The highest BCUT2D eigenvalue weighted by Crippen LogP contribution is 2.24. The fourth-order valence-corrected chi connectivity index (χ4v) is 1.77. The van der Waals surface area contributed by atoms with Crippen molar-refractivity contribution in [3.05, 3.63) is 5.53 Å². The zero-order valence-corrected chi connectivity index (χ0v) is 10.1. The summed E-state index contributed by atoms with van der Waals surface area (Å²) in [5.41, 5.74) is 8.00. The van der Waals surface area contributed by atoms with Crippen LogP contribution in [0.15, 0.2) is 0 Å². The molecule has 1 rings (SSSR count). The van der Waals surface area contributed by atoms with Crippen molar-refractivity contribution in [2.24, 2.45) is 11.8 Å². The predicted octanol–water partition coefficient (Wildman–Crippen LogP) is 0.277. The van der Waals surface area contributed by atoms with Crippen molar-refractivity contribution in [1.29, 1.82) is 0 Å². The lowest BCUT2D eigenvalue weighted by Gasteiger charge is -2.14. The van der Waals surface area contributed by atoms with Gasteiger partial charge in [-0.05, 0) is 11.8 Å². The van der Waals surface area contributed by atoms with Gasteiger partial charge >= 0.3 is 11.6 Å². The van der Waals surface area contributed by atoms with Crippen molar-refractivity contribution in [3.63, 3.8) is 0 Å². The normalized spacial score (nSPS) is 19.4. The lowest BCUT2D eigenvalue weighted by molar-refractivity contribution is -0.140. The van der Waals surface area contributed by atoms with E-state index in [4.69, 9.17) is 5.53 Å². The summed E-state index contributed by atoms with van der Waals surface area (Å²) in [6.45, 7) is 5.34. The monoisotopic (exact) mass is 237 g/mol. The second-order valence-corrected chi connectivity index (χ2v) is 4.52. The Bertz CT molecular complexity index is 422. The van der Waals surface area contributed by atoms with Gasteiger partial charge in [-0.3, -0.25) is 19.3 Å². The van der Waals surface area contributed by atoms with Crippen LogP contribution < -0.4 is 0 Å². The molecule has 92 valence electrons. The minimum absolute atomic E-state index is 0.0957. The summed E-state index contributed by atoms with van der Waals surface area (Å²) in [5, 5.41) is 0. The quantitative estimate of drug-likeness (QED) is 0.305. The highest BCUT2D eigenvalue weighted by molar-refractivity contribution is 6.64. The number of likely N-dealkylation sites (tertiary alicyclic amines) is 1. The van der Waals surface area contributed by atoms with Gasteiger partial charge in [-0.1, -0.05) is 13.8 Å². The molecule has 1 aliphatic heterocycles. The Balaban J connectivity index is 2.89. The van der Waals surface area contributed by atoms with E-state index >= 15 is 0 Å². The molecule has 0 aromatic carbocycles. The molecule has 0 aromatic rings. The van der Waals surface area contributed by atoms with Crippen LogP contribution in [0.1, 0.15) is 27.2 Å². The lowest BCUT2D eigenvalue weighted by Crippen LogP contribution is -2.41. The smallest absolute Gasteiger partial charge is 0.360 e. The van der Waals surface area contributed by atoms with E-state index in [1.54, 1.807) is 0 Å². The lowest BCUT2D eigenvalue weighted by atomic mass is 9.95. The van der Waals surface area contributed by atoms with E-state index in [9.17, 15) is 14.4 Å². The third-order valence-corrected chi connectivity index (χ3v) is 2.98. The number of carbonyl (C=O) groups is 3. The summed E-state index contributed by atoms with van der Waals surface area (Å²) < 4.78 is 0. The molecule has 0 aliphatic carbocycles. The van der Waals surface area contributed by atoms with Crippen LogP contribution in [0.4, 0.5) is 0 Å². The minimum atomic E-state index is -0.812. The first-order chi connectivity index (χ1) is 7.88. The van der Waals surface area contributed by atoms with Gasteiger partial charge in [0.05, 0.1) is 0 Å². The molecule has 6 nitrogen and oxygen atoms in total. The van der Waals surface area contributed by atoms with Gasteiger partial charge in [0.2, 0.25) is 11.7 Å². The van der Waals surface area contributed by atoms with Crippen LogP contribution in [0, 0.1) is 11.8 Å². The van der Waals surface area contributed by atoms with Gasteiger partial charge in [-0.2, -0.15) is 4.79 Å². The van der Waals surface area contributed by atoms with Crippen molar-refractivity contribution in [2.45, 2.75) is 27.2 Å². The van der Waals surface area contributed by atoms with Gasteiger partial charge in [0, 0.05) is 19.9 Å². The number of rotatable bonds is 3. The number of imide groups is 1. The van der Waals surface area contributed by atoms with Crippen LogP contribution in [0.5, 0.6) is 0 Å². The maximum absolute atomic E-state index is 11.8. The molecule has 1 atom stereocenters. The van der Waals surface area contributed by atoms with Crippen LogP contribution in [0.25, 0.3) is 5.53 Å². The van der Waals surface area contributed by atoms with Crippen molar-refractivity contribution in [3.8, 4) is 0 Å². The predicted molar refractivity (Wildman–Crippen MR) is 59.0 cm³/mol. The summed E-state index contributed by atoms with van der Waals surface area (Å²) in [4.78, 5) is 38.1. The van der Waals surface area contributed by atoms with Gasteiger partial charge in [-0.15, -0.1) is 0 Å².